The minimum atomic E-state index is -2.66. The maximum absolute atomic E-state index is 11.8. The number of aromatic amines is 1. The van der Waals surface area contributed by atoms with Gasteiger partial charge in [0.25, 0.3) is 5.56 Å². The zero-order chi connectivity index (χ0) is 14.5. The molecule has 3 rings (SSSR count). The summed E-state index contributed by atoms with van der Waals surface area (Å²) in [6.07, 6.45) is -0.0395. The van der Waals surface area contributed by atoms with Gasteiger partial charge in [0.2, 0.25) is 0 Å². The molecular formula is C10H14N3O6P. The zero-order valence-electron chi connectivity index (χ0n) is 10.6. The summed E-state index contributed by atoms with van der Waals surface area (Å²) in [4.78, 5) is 25.0. The normalized spacial score (nSPS) is 40.5. The Morgan fingerprint density at radius 1 is 1.55 bits per heavy atom. The van der Waals surface area contributed by atoms with Crippen molar-refractivity contribution in [3.8, 4) is 0 Å². The average molecular weight is 303 g/mol. The van der Waals surface area contributed by atoms with Crippen molar-refractivity contribution >= 4 is 8.25 Å². The van der Waals surface area contributed by atoms with Gasteiger partial charge in [0, 0.05) is 18.2 Å². The second-order valence-electron chi connectivity index (χ2n) is 4.84. The molecule has 0 aliphatic carbocycles. The number of ether oxygens (including phenoxy) is 1. The van der Waals surface area contributed by atoms with Gasteiger partial charge in [-0.3, -0.25) is 23.4 Å². The highest BCUT2D eigenvalue weighted by Gasteiger charge is 2.57. The number of nitrogens with zero attached hydrogens (tertiary/aromatic N) is 1. The van der Waals surface area contributed by atoms with Crippen molar-refractivity contribution in [3.05, 3.63) is 33.1 Å². The van der Waals surface area contributed by atoms with E-state index in [1.165, 1.54) is 16.8 Å². The van der Waals surface area contributed by atoms with Gasteiger partial charge in [0.05, 0.1) is 6.61 Å². The van der Waals surface area contributed by atoms with Crippen molar-refractivity contribution < 1.29 is 18.3 Å². The number of H-pyrrole nitrogens is 1. The fourth-order valence-corrected chi connectivity index (χ4v) is 3.44. The Morgan fingerprint density at radius 2 is 2.30 bits per heavy atom. The number of hydrogen-bond acceptors (Lipinski definition) is 7. The number of nitrogens with one attached hydrogen (secondary N) is 1. The summed E-state index contributed by atoms with van der Waals surface area (Å²) < 4.78 is 28.4. The van der Waals surface area contributed by atoms with Gasteiger partial charge in [-0.1, -0.05) is 6.92 Å². The van der Waals surface area contributed by atoms with Crippen LogP contribution in [0.1, 0.15) is 13.2 Å². The van der Waals surface area contributed by atoms with Gasteiger partial charge in [-0.25, -0.2) is 4.79 Å². The first-order chi connectivity index (χ1) is 9.41. The lowest BCUT2D eigenvalue weighted by Crippen LogP contribution is -2.56. The molecule has 0 amide bonds. The quantitative estimate of drug-likeness (QED) is 0.648. The first-order valence-corrected chi connectivity index (χ1v) is 7.26. The molecule has 20 heavy (non-hydrogen) atoms. The molecule has 2 fully saturated rings. The van der Waals surface area contributed by atoms with Crippen LogP contribution in [0.25, 0.3) is 0 Å². The van der Waals surface area contributed by atoms with Crippen LogP contribution in [0.4, 0.5) is 0 Å². The molecule has 0 radical (unpaired) electrons. The van der Waals surface area contributed by atoms with Crippen molar-refractivity contribution in [2.75, 3.05) is 6.61 Å². The predicted molar refractivity (Wildman–Crippen MR) is 67.4 cm³/mol. The van der Waals surface area contributed by atoms with Crippen molar-refractivity contribution in [2.24, 2.45) is 11.7 Å². The van der Waals surface area contributed by atoms with Crippen LogP contribution >= 0.6 is 8.25 Å². The third-order valence-electron chi connectivity index (χ3n) is 3.68. The van der Waals surface area contributed by atoms with Crippen molar-refractivity contribution in [1.29, 1.82) is 0 Å². The van der Waals surface area contributed by atoms with E-state index in [0.29, 0.717) is 0 Å². The molecule has 1 aromatic heterocycles. The number of nitrogens with two attached hydrogens (primary N) is 1. The summed E-state index contributed by atoms with van der Waals surface area (Å²) in [6, 6.07) is 1.21. The fraction of sp³-hybridized carbons (Fsp3) is 0.600. The summed E-state index contributed by atoms with van der Waals surface area (Å²) in [5, 5.41) is 0. The van der Waals surface area contributed by atoms with Crippen LogP contribution in [0.15, 0.2) is 21.9 Å². The Kier molecular flexibility index (Phi) is 3.19. The van der Waals surface area contributed by atoms with Crippen LogP contribution in [0.3, 0.4) is 0 Å². The molecule has 3 heterocycles. The molecular weight excluding hydrogens is 289 g/mol. The highest BCUT2D eigenvalue weighted by Crippen LogP contribution is 2.49. The molecule has 0 aromatic carbocycles. The molecule has 110 valence electrons. The van der Waals surface area contributed by atoms with Gasteiger partial charge in [-0.05, 0) is 0 Å². The Labute approximate surface area is 113 Å². The number of fused-ring (bicyclic) bond motifs is 1. The minimum Gasteiger partial charge on any atom is -0.347 e. The van der Waals surface area contributed by atoms with Crippen LogP contribution < -0.4 is 17.0 Å². The molecule has 0 bridgehead atoms. The van der Waals surface area contributed by atoms with E-state index in [9.17, 15) is 14.2 Å². The highest BCUT2D eigenvalue weighted by molar-refractivity contribution is 7.33. The molecule has 2 aliphatic rings. The molecule has 0 saturated carbocycles. The summed E-state index contributed by atoms with van der Waals surface area (Å²) in [5.41, 5.74) is 3.73. The molecule has 0 spiro atoms. The van der Waals surface area contributed by atoms with Crippen molar-refractivity contribution in [2.45, 2.75) is 25.0 Å². The van der Waals surface area contributed by atoms with Crippen LogP contribution in [0, 0.1) is 5.92 Å². The minimum absolute atomic E-state index is 0.0350. The summed E-state index contributed by atoms with van der Waals surface area (Å²) >= 11 is 0. The summed E-state index contributed by atoms with van der Waals surface area (Å²) in [5.74, 6) is -0.450. The maximum atomic E-state index is 11.8. The number of hydrogen-bond donors (Lipinski definition) is 2. The first-order valence-electron chi connectivity index (χ1n) is 6.03. The van der Waals surface area contributed by atoms with E-state index < -0.39 is 43.5 Å². The fourth-order valence-electron chi connectivity index (χ4n) is 2.49. The van der Waals surface area contributed by atoms with E-state index in [-0.39, 0.29) is 6.61 Å². The number of rotatable bonds is 1. The highest BCUT2D eigenvalue weighted by atomic mass is 31.1. The Balaban J connectivity index is 1.99. The molecule has 10 heteroatoms. The summed E-state index contributed by atoms with van der Waals surface area (Å²) in [6.45, 7) is 1.76. The molecule has 2 aliphatic heterocycles. The van der Waals surface area contributed by atoms with Gasteiger partial charge in [-0.2, -0.15) is 0 Å². The van der Waals surface area contributed by atoms with Gasteiger partial charge in [-0.15, -0.1) is 0 Å². The summed E-state index contributed by atoms with van der Waals surface area (Å²) in [7, 11) is -2.66. The molecule has 9 nitrogen and oxygen atoms in total. The van der Waals surface area contributed by atoms with E-state index >= 15 is 0 Å². The largest absolute Gasteiger partial charge is 0.347 e. The van der Waals surface area contributed by atoms with E-state index in [0.717, 1.165) is 0 Å². The van der Waals surface area contributed by atoms with Gasteiger partial charge >= 0.3 is 13.9 Å². The molecule has 1 aromatic rings. The first kappa shape index (κ1) is 13.7. The maximum Gasteiger partial charge on any atom is 0.330 e. The topological polar surface area (TPSA) is 126 Å². The second-order valence-corrected chi connectivity index (χ2v) is 5.83. The molecule has 3 unspecified atom stereocenters. The smallest absolute Gasteiger partial charge is 0.330 e. The lowest BCUT2D eigenvalue weighted by molar-refractivity contribution is -0.0921. The Morgan fingerprint density at radius 3 is 3.00 bits per heavy atom. The Bertz CT molecular complexity index is 671. The monoisotopic (exact) mass is 303 g/mol. The van der Waals surface area contributed by atoms with Crippen molar-refractivity contribution in [1.82, 2.24) is 9.55 Å². The van der Waals surface area contributed by atoms with Crippen molar-refractivity contribution in [3.63, 3.8) is 0 Å². The van der Waals surface area contributed by atoms with Crippen LogP contribution in [0.2, 0.25) is 0 Å². The van der Waals surface area contributed by atoms with E-state index in [4.69, 9.17) is 19.5 Å². The molecule has 3 N–H and O–H groups in total. The molecule has 2 saturated heterocycles. The standard InChI is InChI=1S/C10H14N3O6P/c1-5-8(13-3-2-7(14)12-9(13)15)18-6-4-17-20(16)19-10(5,6)11/h2-3,5-6,8,20H,4,11H2,1H3,(H,12,14,15)/t5-,6?,8?,10+/m1/s1. The van der Waals surface area contributed by atoms with Gasteiger partial charge in [0.15, 0.2) is 5.72 Å². The third kappa shape index (κ3) is 1.99. The lowest BCUT2D eigenvalue weighted by atomic mass is 9.95. The molecule has 5 atom stereocenters. The van der Waals surface area contributed by atoms with E-state index in [1.54, 1.807) is 6.92 Å². The Hall–Kier alpha value is -1.25. The zero-order valence-corrected chi connectivity index (χ0v) is 11.6. The van der Waals surface area contributed by atoms with Crippen LogP contribution in [-0.4, -0.2) is 28.0 Å². The van der Waals surface area contributed by atoms with Crippen LogP contribution in [0.5, 0.6) is 0 Å². The average Bonchev–Trinajstić information content (AvgIpc) is 2.62. The SMILES string of the molecule is C[C@@H]1C(n2ccc(=O)[nH]c2=O)OC2CO[PH](=O)O[C@]21N. The predicted octanol–water partition coefficient (Wildman–Crippen LogP) is -0.838. The van der Waals surface area contributed by atoms with Gasteiger partial charge in [0.1, 0.15) is 12.3 Å². The lowest BCUT2D eigenvalue weighted by Gasteiger charge is -2.35. The van der Waals surface area contributed by atoms with E-state index in [1.807, 2.05) is 0 Å². The van der Waals surface area contributed by atoms with E-state index in [2.05, 4.69) is 4.98 Å². The van der Waals surface area contributed by atoms with Crippen LogP contribution in [-0.2, 0) is 18.3 Å². The van der Waals surface area contributed by atoms with Gasteiger partial charge < -0.3 is 15.0 Å². The number of aromatic nitrogens is 2. The second kappa shape index (κ2) is 4.64. The third-order valence-corrected chi connectivity index (χ3v) is 4.61.